The summed E-state index contributed by atoms with van der Waals surface area (Å²) in [5.41, 5.74) is 1.61. The molecule has 4 nitrogen and oxygen atoms in total. The Morgan fingerprint density at radius 2 is 1.77 bits per heavy atom. The molecule has 0 aliphatic carbocycles. The predicted octanol–water partition coefficient (Wildman–Crippen LogP) is 3.96. The molecule has 7 heteroatoms. The molecule has 0 radical (unpaired) electrons. The first kappa shape index (κ1) is 16.8. The first-order chi connectivity index (χ1) is 10.2. The number of hydrogen-bond acceptors (Lipinski definition) is 3. The Morgan fingerprint density at radius 1 is 1.09 bits per heavy atom. The number of hydrogen-bond donors (Lipinski definition) is 1. The minimum Gasteiger partial charge on any atom is -0.322 e. The van der Waals surface area contributed by atoms with Gasteiger partial charge in [0.2, 0.25) is 0 Å². The summed E-state index contributed by atoms with van der Waals surface area (Å²) in [6, 6.07) is 9.19. The Balaban J connectivity index is 2.34. The van der Waals surface area contributed by atoms with Crippen molar-refractivity contribution >= 4 is 44.6 Å². The zero-order chi connectivity index (χ0) is 16.5. The molecule has 0 saturated heterocycles. The van der Waals surface area contributed by atoms with E-state index in [0.717, 1.165) is 11.8 Å². The number of carbonyl (C=O) groups is 1. The lowest BCUT2D eigenvalue weighted by Gasteiger charge is -2.10. The van der Waals surface area contributed by atoms with E-state index >= 15 is 0 Å². The first-order valence-corrected chi connectivity index (χ1v) is 8.90. The highest BCUT2D eigenvalue weighted by Crippen LogP contribution is 2.24. The van der Waals surface area contributed by atoms with Crippen molar-refractivity contribution in [3.05, 3.63) is 57.6 Å². The highest BCUT2D eigenvalue weighted by molar-refractivity contribution is 7.90. The molecule has 22 heavy (non-hydrogen) atoms. The topological polar surface area (TPSA) is 63.2 Å². The maximum absolute atomic E-state index is 12.3. The zero-order valence-corrected chi connectivity index (χ0v) is 14.2. The van der Waals surface area contributed by atoms with E-state index in [1.54, 1.807) is 18.2 Å². The quantitative estimate of drug-likeness (QED) is 0.903. The van der Waals surface area contributed by atoms with Crippen molar-refractivity contribution in [2.24, 2.45) is 0 Å². The van der Waals surface area contributed by atoms with Gasteiger partial charge >= 0.3 is 0 Å². The average Bonchev–Trinajstić information content (AvgIpc) is 2.41. The fraction of sp³-hybridized carbons (Fsp3) is 0.133. The second-order valence-corrected chi connectivity index (χ2v) is 7.66. The third-order valence-electron chi connectivity index (χ3n) is 3.03. The lowest BCUT2D eigenvalue weighted by Crippen LogP contribution is -2.13. The largest absolute Gasteiger partial charge is 0.322 e. The van der Waals surface area contributed by atoms with Gasteiger partial charge in [-0.3, -0.25) is 4.79 Å². The van der Waals surface area contributed by atoms with Crippen molar-refractivity contribution in [2.75, 3.05) is 11.6 Å². The van der Waals surface area contributed by atoms with Gasteiger partial charge in [0.1, 0.15) is 0 Å². The highest BCUT2D eigenvalue weighted by Gasteiger charge is 2.16. The highest BCUT2D eigenvalue weighted by atomic mass is 35.5. The molecule has 1 N–H and O–H groups in total. The van der Waals surface area contributed by atoms with E-state index < -0.39 is 15.7 Å². The zero-order valence-electron chi connectivity index (χ0n) is 11.9. The smallest absolute Gasteiger partial charge is 0.255 e. The van der Waals surface area contributed by atoms with Gasteiger partial charge in [0, 0.05) is 22.5 Å². The Morgan fingerprint density at radius 3 is 2.36 bits per heavy atom. The maximum atomic E-state index is 12.3. The minimum atomic E-state index is -3.51. The molecule has 0 saturated carbocycles. The van der Waals surface area contributed by atoms with Crippen LogP contribution in [0.1, 0.15) is 15.9 Å². The van der Waals surface area contributed by atoms with Gasteiger partial charge < -0.3 is 5.32 Å². The van der Waals surface area contributed by atoms with Gasteiger partial charge in [-0.05, 0) is 48.9 Å². The number of benzene rings is 2. The maximum Gasteiger partial charge on any atom is 0.255 e. The summed E-state index contributed by atoms with van der Waals surface area (Å²) in [7, 11) is -3.51. The van der Waals surface area contributed by atoms with Crippen LogP contribution in [-0.2, 0) is 9.84 Å². The van der Waals surface area contributed by atoms with Crippen molar-refractivity contribution in [1.29, 1.82) is 0 Å². The van der Waals surface area contributed by atoms with E-state index in [0.29, 0.717) is 10.7 Å². The van der Waals surface area contributed by atoms with E-state index in [4.69, 9.17) is 23.2 Å². The van der Waals surface area contributed by atoms with E-state index in [2.05, 4.69) is 5.32 Å². The number of nitrogens with one attached hydrogen (secondary N) is 1. The van der Waals surface area contributed by atoms with Gasteiger partial charge in [-0.15, -0.1) is 0 Å². The van der Waals surface area contributed by atoms with Gasteiger partial charge in [0.25, 0.3) is 5.91 Å². The molecule has 2 rings (SSSR count). The van der Waals surface area contributed by atoms with E-state index in [9.17, 15) is 13.2 Å². The molecular formula is C15H13Cl2NO3S. The summed E-state index contributed by atoms with van der Waals surface area (Å²) < 4.78 is 23.3. The van der Waals surface area contributed by atoms with Crippen molar-refractivity contribution in [1.82, 2.24) is 0 Å². The molecule has 2 aromatic rings. The van der Waals surface area contributed by atoms with Crippen LogP contribution in [0.4, 0.5) is 5.69 Å². The second kappa shape index (κ2) is 6.28. The Hall–Kier alpha value is -1.56. The molecule has 0 aliphatic heterocycles. The Bertz CT molecular complexity index is 848. The van der Waals surface area contributed by atoms with E-state index in [1.165, 1.54) is 18.2 Å². The molecule has 0 unspecified atom stereocenters. The molecule has 2 aromatic carbocycles. The number of halogens is 2. The van der Waals surface area contributed by atoms with Crippen LogP contribution in [0, 0.1) is 6.92 Å². The summed E-state index contributed by atoms with van der Waals surface area (Å²) in [5.74, 6) is -0.424. The minimum absolute atomic E-state index is 0.0744. The molecule has 0 heterocycles. The summed E-state index contributed by atoms with van der Waals surface area (Å²) >= 11 is 11.7. The molecular weight excluding hydrogens is 345 g/mol. The van der Waals surface area contributed by atoms with E-state index in [-0.39, 0.29) is 15.5 Å². The number of rotatable bonds is 3. The average molecular weight is 358 g/mol. The standard InChI is InChI=1S/C15H13Cl2NO3S/c1-9-7-11(16)4-6-13(9)18-15(19)10-3-5-12(17)14(8-10)22(2,20)21/h3-8H,1-2H3,(H,18,19). The van der Waals surface area contributed by atoms with Crippen LogP contribution in [0.5, 0.6) is 0 Å². The van der Waals surface area contributed by atoms with Crippen LogP contribution < -0.4 is 5.32 Å². The molecule has 0 aliphatic rings. The van der Waals surface area contributed by atoms with Crippen LogP contribution in [0.15, 0.2) is 41.3 Å². The van der Waals surface area contributed by atoms with Crippen LogP contribution in [0.2, 0.25) is 10.0 Å². The lowest BCUT2D eigenvalue weighted by molar-refractivity contribution is 0.102. The number of anilines is 1. The van der Waals surface area contributed by atoms with Crippen molar-refractivity contribution in [3.63, 3.8) is 0 Å². The first-order valence-electron chi connectivity index (χ1n) is 6.25. The summed E-state index contributed by atoms with van der Waals surface area (Å²) in [5, 5.41) is 3.37. The van der Waals surface area contributed by atoms with Gasteiger partial charge in [0.05, 0.1) is 9.92 Å². The SMILES string of the molecule is Cc1cc(Cl)ccc1NC(=O)c1ccc(Cl)c(S(C)(=O)=O)c1. The van der Waals surface area contributed by atoms with Crippen LogP contribution in [0.3, 0.4) is 0 Å². The molecule has 0 aromatic heterocycles. The molecule has 1 amide bonds. The van der Waals surface area contributed by atoms with Crippen molar-refractivity contribution in [2.45, 2.75) is 11.8 Å². The fourth-order valence-corrected chi connectivity index (χ4v) is 3.42. The van der Waals surface area contributed by atoms with Gasteiger partial charge in [0.15, 0.2) is 9.84 Å². The predicted molar refractivity (Wildman–Crippen MR) is 88.7 cm³/mol. The number of carbonyl (C=O) groups excluding carboxylic acids is 1. The van der Waals surface area contributed by atoms with Gasteiger partial charge in [-0.25, -0.2) is 8.42 Å². The summed E-state index contributed by atoms with van der Waals surface area (Å²) in [6.07, 6.45) is 1.04. The molecule has 116 valence electrons. The molecule has 0 atom stereocenters. The Labute approximate surface area is 139 Å². The van der Waals surface area contributed by atoms with Crippen LogP contribution >= 0.6 is 23.2 Å². The lowest BCUT2D eigenvalue weighted by atomic mass is 10.1. The van der Waals surface area contributed by atoms with Crippen LogP contribution in [0.25, 0.3) is 0 Å². The third kappa shape index (κ3) is 3.80. The molecule has 0 fully saturated rings. The normalized spacial score (nSPS) is 11.3. The summed E-state index contributed by atoms with van der Waals surface area (Å²) in [4.78, 5) is 12.2. The fourth-order valence-electron chi connectivity index (χ4n) is 1.89. The summed E-state index contributed by atoms with van der Waals surface area (Å²) in [6.45, 7) is 1.81. The van der Waals surface area contributed by atoms with Crippen molar-refractivity contribution < 1.29 is 13.2 Å². The van der Waals surface area contributed by atoms with Crippen molar-refractivity contribution in [3.8, 4) is 0 Å². The second-order valence-electron chi connectivity index (χ2n) is 4.83. The van der Waals surface area contributed by atoms with Gasteiger partial charge in [-0.2, -0.15) is 0 Å². The third-order valence-corrected chi connectivity index (χ3v) is 4.84. The van der Waals surface area contributed by atoms with E-state index in [1.807, 2.05) is 6.92 Å². The van der Waals surface area contributed by atoms with Crippen LogP contribution in [-0.4, -0.2) is 20.6 Å². The molecule has 0 bridgehead atoms. The number of amides is 1. The number of aryl methyl sites for hydroxylation is 1. The number of sulfone groups is 1. The van der Waals surface area contributed by atoms with Gasteiger partial charge in [-0.1, -0.05) is 23.2 Å². The monoisotopic (exact) mass is 357 g/mol. The molecule has 0 spiro atoms. The Kier molecular flexibility index (Phi) is 4.80.